The summed E-state index contributed by atoms with van der Waals surface area (Å²) < 4.78 is 0. The fraction of sp³-hybridized carbons (Fsp3) is 0.300. The SMILES string of the molecule is CCc1ccc(-c2ncc(CO)[nH]2)s1. The Morgan fingerprint density at radius 2 is 2.36 bits per heavy atom. The highest BCUT2D eigenvalue weighted by Gasteiger charge is 2.05. The minimum Gasteiger partial charge on any atom is -0.390 e. The summed E-state index contributed by atoms with van der Waals surface area (Å²) in [5.41, 5.74) is 0.756. The van der Waals surface area contributed by atoms with Crippen LogP contribution in [-0.4, -0.2) is 15.1 Å². The van der Waals surface area contributed by atoms with Gasteiger partial charge in [-0.3, -0.25) is 0 Å². The van der Waals surface area contributed by atoms with Gasteiger partial charge in [0.15, 0.2) is 0 Å². The minimum atomic E-state index is 0.0129. The summed E-state index contributed by atoms with van der Waals surface area (Å²) >= 11 is 1.73. The Balaban J connectivity index is 2.29. The number of aromatic amines is 1. The van der Waals surface area contributed by atoms with Gasteiger partial charge < -0.3 is 10.1 Å². The highest BCUT2D eigenvalue weighted by atomic mass is 32.1. The summed E-state index contributed by atoms with van der Waals surface area (Å²) in [5.74, 6) is 0.846. The average Bonchev–Trinajstić information content (AvgIpc) is 2.86. The summed E-state index contributed by atoms with van der Waals surface area (Å²) in [6.07, 6.45) is 2.72. The van der Waals surface area contributed by atoms with Crippen molar-refractivity contribution in [3.63, 3.8) is 0 Å². The van der Waals surface area contributed by atoms with E-state index in [1.807, 2.05) is 0 Å². The molecule has 0 radical (unpaired) electrons. The van der Waals surface area contributed by atoms with E-state index in [4.69, 9.17) is 5.11 Å². The lowest BCUT2D eigenvalue weighted by molar-refractivity contribution is 0.277. The number of aliphatic hydroxyl groups is 1. The maximum atomic E-state index is 8.88. The second-order valence-electron chi connectivity index (χ2n) is 3.03. The highest BCUT2D eigenvalue weighted by molar-refractivity contribution is 7.15. The summed E-state index contributed by atoms with van der Waals surface area (Å²) in [6, 6.07) is 4.17. The van der Waals surface area contributed by atoms with Crippen LogP contribution >= 0.6 is 11.3 Å². The smallest absolute Gasteiger partial charge is 0.147 e. The van der Waals surface area contributed by atoms with Crippen LogP contribution in [0.15, 0.2) is 18.3 Å². The van der Waals surface area contributed by atoms with Crippen LogP contribution in [0.3, 0.4) is 0 Å². The van der Waals surface area contributed by atoms with Crippen LogP contribution in [-0.2, 0) is 13.0 Å². The number of rotatable bonds is 3. The fourth-order valence-corrected chi connectivity index (χ4v) is 2.16. The molecule has 0 amide bonds. The number of nitrogens with zero attached hydrogens (tertiary/aromatic N) is 1. The Morgan fingerprint density at radius 3 is 2.93 bits per heavy atom. The van der Waals surface area contributed by atoms with Gasteiger partial charge in [0.05, 0.1) is 23.4 Å². The van der Waals surface area contributed by atoms with Gasteiger partial charge >= 0.3 is 0 Å². The summed E-state index contributed by atoms with van der Waals surface area (Å²) in [7, 11) is 0. The molecule has 0 aliphatic rings. The summed E-state index contributed by atoms with van der Waals surface area (Å²) in [4.78, 5) is 9.74. The van der Waals surface area contributed by atoms with Crippen molar-refractivity contribution in [2.24, 2.45) is 0 Å². The zero-order valence-electron chi connectivity index (χ0n) is 7.95. The number of hydrogen-bond acceptors (Lipinski definition) is 3. The van der Waals surface area contributed by atoms with Crippen LogP contribution in [0.2, 0.25) is 0 Å². The molecule has 14 heavy (non-hydrogen) atoms. The molecule has 0 atom stereocenters. The van der Waals surface area contributed by atoms with Crippen molar-refractivity contribution in [3.8, 4) is 10.7 Å². The first-order valence-electron chi connectivity index (χ1n) is 4.57. The molecule has 2 aromatic rings. The predicted octanol–water partition coefficient (Wildman–Crippen LogP) is 2.19. The molecule has 4 heteroatoms. The number of hydrogen-bond donors (Lipinski definition) is 2. The van der Waals surface area contributed by atoms with Crippen LogP contribution < -0.4 is 0 Å². The maximum Gasteiger partial charge on any atom is 0.147 e. The van der Waals surface area contributed by atoms with E-state index >= 15 is 0 Å². The Labute approximate surface area is 86.4 Å². The van der Waals surface area contributed by atoms with E-state index in [1.54, 1.807) is 17.5 Å². The summed E-state index contributed by atoms with van der Waals surface area (Å²) in [6.45, 7) is 2.15. The maximum absolute atomic E-state index is 8.88. The molecule has 0 spiro atoms. The molecule has 0 saturated heterocycles. The van der Waals surface area contributed by atoms with E-state index in [0.29, 0.717) is 0 Å². The van der Waals surface area contributed by atoms with Gasteiger partial charge in [-0.2, -0.15) is 0 Å². The average molecular weight is 208 g/mol. The first kappa shape index (κ1) is 9.43. The highest BCUT2D eigenvalue weighted by Crippen LogP contribution is 2.25. The topological polar surface area (TPSA) is 48.9 Å². The normalized spacial score (nSPS) is 10.7. The molecular weight excluding hydrogens is 196 g/mol. The van der Waals surface area contributed by atoms with Gasteiger partial charge in [-0.25, -0.2) is 4.98 Å². The third-order valence-electron chi connectivity index (χ3n) is 2.04. The number of H-pyrrole nitrogens is 1. The van der Waals surface area contributed by atoms with Gasteiger partial charge in [-0.1, -0.05) is 6.92 Å². The Kier molecular flexibility index (Phi) is 2.65. The van der Waals surface area contributed by atoms with Gasteiger partial charge in [0.25, 0.3) is 0 Å². The van der Waals surface area contributed by atoms with Crippen LogP contribution in [0.4, 0.5) is 0 Å². The van der Waals surface area contributed by atoms with Crippen molar-refractivity contribution in [1.82, 2.24) is 9.97 Å². The Morgan fingerprint density at radius 1 is 1.50 bits per heavy atom. The number of aryl methyl sites for hydroxylation is 1. The number of aliphatic hydroxyl groups excluding tert-OH is 1. The minimum absolute atomic E-state index is 0.0129. The molecule has 0 aromatic carbocycles. The number of imidazole rings is 1. The first-order valence-corrected chi connectivity index (χ1v) is 5.39. The first-order chi connectivity index (χ1) is 6.83. The lowest BCUT2D eigenvalue weighted by Gasteiger charge is -1.89. The predicted molar refractivity (Wildman–Crippen MR) is 57.2 cm³/mol. The van der Waals surface area contributed by atoms with Crippen molar-refractivity contribution in [1.29, 1.82) is 0 Å². The van der Waals surface area contributed by atoms with Crippen molar-refractivity contribution < 1.29 is 5.11 Å². The molecule has 3 nitrogen and oxygen atoms in total. The van der Waals surface area contributed by atoms with E-state index < -0.39 is 0 Å². The molecule has 0 fully saturated rings. The second-order valence-corrected chi connectivity index (χ2v) is 4.20. The molecule has 2 heterocycles. The lowest BCUT2D eigenvalue weighted by Crippen LogP contribution is -1.80. The standard InChI is InChI=1S/C10H12N2OS/c1-2-8-3-4-9(14-8)10-11-5-7(6-13)12-10/h3-5,13H,2,6H2,1H3,(H,11,12). The third kappa shape index (κ3) is 1.71. The molecule has 0 aliphatic heterocycles. The van der Waals surface area contributed by atoms with E-state index in [-0.39, 0.29) is 6.61 Å². The van der Waals surface area contributed by atoms with Crippen molar-refractivity contribution in [2.45, 2.75) is 20.0 Å². The van der Waals surface area contributed by atoms with Crippen LogP contribution in [0, 0.1) is 0 Å². The van der Waals surface area contributed by atoms with Gasteiger partial charge in [0.2, 0.25) is 0 Å². The number of thiophene rings is 1. The van der Waals surface area contributed by atoms with Gasteiger partial charge in [0, 0.05) is 4.88 Å². The Hall–Kier alpha value is -1.13. The molecule has 0 saturated carbocycles. The molecule has 2 N–H and O–H groups in total. The molecule has 0 bridgehead atoms. The monoisotopic (exact) mass is 208 g/mol. The van der Waals surface area contributed by atoms with E-state index in [9.17, 15) is 0 Å². The molecule has 0 unspecified atom stereocenters. The number of aromatic nitrogens is 2. The van der Waals surface area contributed by atoms with Gasteiger partial charge in [-0.15, -0.1) is 11.3 Å². The third-order valence-corrected chi connectivity index (χ3v) is 3.28. The van der Waals surface area contributed by atoms with Crippen molar-refractivity contribution in [3.05, 3.63) is 28.9 Å². The zero-order chi connectivity index (χ0) is 9.97. The Bertz CT molecular complexity index is 379. The van der Waals surface area contributed by atoms with E-state index in [2.05, 4.69) is 29.0 Å². The second kappa shape index (κ2) is 3.94. The van der Waals surface area contributed by atoms with Crippen molar-refractivity contribution in [2.75, 3.05) is 0 Å². The van der Waals surface area contributed by atoms with Gasteiger partial charge in [0.1, 0.15) is 5.82 Å². The molecule has 2 rings (SSSR count). The van der Waals surface area contributed by atoms with Crippen molar-refractivity contribution >= 4 is 11.3 Å². The quantitative estimate of drug-likeness (QED) is 0.812. The lowest BCUT2D eigenvalue weighted by atomic mass is 10.3. The molecule has 74 valence electrons. The molecular formula is C10H12N2OS. The van der Waals surface area contributed by atoms with Crippen LogP contribution in [0.1, 0.15) is 17.5 Å². The summed E-state index contributed by atoms with van der Waals surface area (Å²) in [5, 5.41) is 8.88. The largest absolute Gasteiger partial charge is 0.390 e. The zero-order valence-corrected chi connectivity index (χ0v) is 8.77. The number of nitrogens with one attached hydrogen (secondary N) is 1. The molecule has 0 aliphatic carbocycles. The van der Waals surface area contributed by atoms with E-state index in [0.717, 1.165) is 22.8 Å². The fourth-order valence-electron chi connectivity index (χ4n) is 1.26. The van der Waals surface area contributed by atoms with Crippen LogP contribution in [0.5, 0.6) is 0 Å². The van der Waals surface area contributed by atoms with Gasteiger partial charge in [-0.05, 0) is 18.6 Å². The van der Waals surface area contributed by atoms with Crippen LogP contribution in [0.25, 0.3) is 10.7 Å². The van der Waals surface area contributed by atoms with E-state index in [1.165, 1.54) is 4.88 Å². The molecule has 2 aromatic heterocycles.